The number of ether oxygens (including phenoxy) is 4. The first-order valence-corrected chi connectivity index (χ1v) is 10.4. The molecular formula is C22H23FN4O6. The average molecular weight is 458 g/mol. The minimum Gasteiger partial charge on any atom is -0.491 e. The van der Waals surface area contributed by atoms with Crippen molar-refractivity contribution in [2.45, 2.75) is 6.42 Å². The van der Waals surface area contributed by atoms with Gasteiger partial charge in [-0.1, -0.05) is 0 Å². The Morgan fingerprint density at radius 3 is 2.73 bits per heavy atom. The van der Waals surface area contributed by atoms with Gasteiger partial charge in [-0.3, -0.25) is 20.0 Å². The van der Waals surface area contributed by atoms with Gasteiger partial charge in [0, 0.05) is 44.0 Å². The maximum Gasteiger partial charge on any atom is 0.272 e. The zero-order valence-electron chi connectivity index (χ0n) is 18.0. The van der Waals surface area contributed by atoms with Crippen LogP contribution in [-0.2, 0) is 4.74 Å². The van der Waals surface area contributed by atoms with E-state index in [0.717, 1.165) is 45.3 Å². The summed E-state index contributed by atoms with van der Waals surface area (Å²) in [4.78, 5) is 21.2. The van der Waals surface area contributed by atoms with E-state index < -0.39 is 10.7 Å². The molecule has 4 rings (SSSR count). The van der Waals surface area contributed by atoms with Crippen molar-refractivity contribution in [3.8, 4) is 23.1 Å². The fourth-order valence-corrected chi connectivity index (χ4v) is 3.43. The largest absolute Gasteiger partial charge is 0.491 e. The van der Waals surface area contributed by atoms with Gasteiger partial charge in [-0.05, 0) is 12.5 Å². The van der Waals surface area contributed by atoms with E-state index in [-0.39, 0.29) is 23.1 Å². The number of pyridine rings is 2. The number of nitrogens with zero attached hydrogens (tertiary/aromatic N) is 4. The summed E-state index contributed by atoms with van der Waals surface area (Å²) in [5.74, 6) is -0.108. The first-order valence-electron chi connectivity index (χ1n) is 10.4. The fourth-order valence-electron chi connectivity index (χ4n) is 3.43. The summed E-state index contributed by atoms with van der Waals surface area (Å²) in [6.45, 7) is 4.61. The Kier molecular flexibility index (Phi) is 7.10. The molecule has 0 saturated carbocycles. The predicted molar refractivity (Wildman–Crippen MR) is 117 cm³/mol. The maximum absolute atomic E-state index is 14.3. The molecule has 0 N–H and O–H groups in total. The summed E-state index contributed by atoms with van der Waals surface area (Å²) in [5, 5.41) is 10.8. The topological polar surface area (TPSA) is 109 Å². The van der Waals surface area contributed by atoms with Crippen LogP contribution >= 0.6 is 0 Å². The maximum atomic E-state index is 14.3. The molecule has 1 aromatic carbocycles. The number of morpholine rings is 1. The Hall–Kier alpha value is -3.57. The lowest BCUT2D eigenvalue weighted by Gasteiger charge is -2.26. The van der Waals surface area contributed by atoms with Crippen LogP contribution in [0.25, 0.3) is 11.0 Å². The van der Waals surface area contributed by atoms with E-state index in [2.05, 4.69) is 14.9 Å². The van der Waals surface area contributed by atoms with Gasteiger partial charge >= 0.3 is 0 Å². The molecule has 0 bridgehead atoms. The van der Waals surface area contributed by atoms with Crippen molar-refractivity contribution in [3.05, 3.63) is 52.5 Å². The molecule has 0 radical (unpaired) electrons. The lowest BCUT2D eigenvalue weighted by molar-refractivity contribution is -0.385. The number of aromatic nitrogens is 2. The van der Waals surface area contributed by atoms with Gasteiger partial charge in [0.2, 0.25) is 0 Å². The molecule has 1 fully saturated rings. The number of hydrogen-bond donors (Lipinski definition) is 0. The zero-order chi connectivity index (χ0) is 23.2. The number of nitro groups is 1. The van der Waals surface area contributed by atoms with Gasteiger partial charge in [-0.25, -0.2) is 9.37 Å². The number of methoxy groups -OCH3 is 1. The van der Waals surface area contributed by atoms with Gasteiger partial charge in [0.15, 0.2) is 23.1 Å². The van der Waals surface area contributed by atoms with E-state index in [9.17, 15) is 14.5 Å². The Bertz CT molecular complexity index is 1140. The van der Waals surface area contributed by atoms with Gasteiger partial charge in [0.25, 0.3) is 11.6 Å². The van der Waals surface area contributed by atoms with E-state index in [4.69, 9.17) is 18.9 Å². The molecule has 2 aromatic heterocycles. The smallest absolute Gasteiger partial charge is 0.272 e. The van der Waals surface area contributed by atoms with Crippen molar-refractivity contribution in [2.75, 3.05) is 46.6 Å². The van der Waals surface area contributed by atoms with Crippen molar-refractivity contribution in [1.82, 2.24) is 14.9 Å². The monoisotopic (exact) mass is 458 g/mol. The van der Waals surface area contributed by atoms with Crippen LogP contribution in [0.3, 0.4) is 0 Å². The fraction of sp³-hybridized carbons (Fsp3) is 0.364. The van der Waals surface area contributed by atoms with Crippen molar-refractivity contribution in [3.63, 3.8) is 0 Å². The summed E-state index contributed by atoms with van der Waals surface area (Å²) in [7, 11) is 1.51. The summed E-state index contributed by atoms with van der Waals surface area (Å²) in [6, 6.07) is 6.37. The lowest BCUT2D eigenvalue weighted by Crippen LogP contribution is -2.37. The molecule has 10 nitrogen and oxygen atoms in total. The lowest BCUT2D eigenvalue weighted by atomic mass is 10.2. The molecule has 0 aliphatic carbocycles. The van der Waals surface area contributed by atoms with Gasteiger partial charge in [-0.15, -0.1) is 0 Å². The van der Waals surface area contributed by atoms with Crippen molar-refractivity contribution in [2.24, 2.45) is 0 Å². The van der Waals surface area contributed by atoms with Crippen LogP contribution in [0.15, 0.2) is 36.5 Å². The Labute approximate surface area is 189 Å². The molecule has 1 aliphatic heterocycles. The highest BCUT2D eigenvalue weighted by molar-refractivity contribution is 5.83. The van der Waals surface area contributed by atoms with E-state index in [1.165, 1.54) is 31.5 Å². The molecule has 3 aromatic rings. The third-order valence-corrected chi connectivity index (χ3v) is 5.13. The number of halogens is 1. The van der Waals surface area contributed by atoms with Crippen LogP contribution in [0.2, 0.25) is 0 Å². The Morgan fingerprint density at radius 2 is 2.00 bits per heavy atom. The average Bonchev–Trinajstić information content (AvgIpc) is 2.83. The van der Waals surface area contributed by atoms with E-state index in [1.54, 1.807) is 6.07 Å². The molecule has 11 heteroatoms. The molecule has 1 saturated heterocycles. The minimum absolute atomic E-state index is 0.168. The van der Waals surface area contributed by atoms with E-state index in [1.807, 2.05) is 0 Å². The first kappa shape index (κ1) is 22.6. The molecule has 0 unspecified atom stereocenters. The highest BCUT2D eigenvalue weighted by Gasteiger charge is 2.17. The van der Waals surface area contributed by atoms with Crippen LogP contribution in [0.5, 0.6) is 23.1 Å². The highest BCUT2D eigenvalue weighted by atomic mass is 19.1. The van der Waals surface area contributed by atoms with E-state index in [0.29, 0.717) is 23.4 Å². The molecule has 174 valence electrons. The van der Waals surface area contributed by atoms with Gasteiger partial charge in [0.05, 0.1) is 43.4 Å². The number of non-ortho nitro benzene ring substituents is 1. The first-order chi connectivity index (χ1) is 16.0. The quantitative estimate of drug-likeness (QED) is 0.270. The number of benzene rings is 1. The summed E-state index contributed by atoms with van der Waals surface area (Å²) in [5.41, 5.74) is 0.446. The second-order valence-electron chi connectivity index (χ2n) is 7.30. The Balaban J connectivity index is 1.52. The number of fused-ring (bicyclic) bond motifs is 1. The van der Waals surface area contributed by atoms with Gasteiger partial charge in [0.1, 0.15) is 5.52 Å². The van der Waals surface area contributed by atoms with Gasteiger partial charge < -0.3 is 18.9 Å². The molecule has 0 atom stereocenters. The van der Waals surface area contributed by atoms with Crippen molar-refractivity contribution in [1.29, 1.82) is 0 Å². The zero-order valence-corrected chi connectivity index (χ0v) is 18.0. The second-order valence-corrected chi connectivity index (χ2v) is 7.30. The van der Waals surface area contributed by atoms with Crippen LogP contribution in [0.4, 0.5) is 10.1 Å². The summed E-state index contributed by atoms with van der Waals surface area (Å²) < 4.78 is 36.6. The minimum atomic E-state index is -0.859. The molecule has 3 heterocycles. The highest BCUT2D eigenvalue weighted by Crippen LogP contribution is 2.35. The van der Waals surface area contributed by atoms with E-state index >= 15 is 0 Å². The summed E-state index contributed by atoms with van der Waals surface area (Å²) >= 11 is 0. The normalized spacial score (nSPS) is 14.2. The molecule has 33 heavy (non-hydrogen) atoms. The molecule has 0 spiro atoms. The molecule has 0 amide bonds. The van der Waals surface area contributed by atoms with Gasteiger partial charge in [-0.2, -0.15) is 0 Å². The molecule has 1 aliphatic rings. The van der Waals surface area contributed by atoms with Crippen LogP contribution in [-0.4, -0.2) is 66.4 Å². The number of hydrogen-bond acceptors (Lipinski definition) is 9. The van der Waals surface area contributed by atoms with Crippen LogP contribution < -0.4 is 14.2 Å². The van der Waals surface area contributed by atoms with Crippen LogP contribution in [0, 0.1) is 15.9 Å². The summed E-state index contributed by atoms with van der Waals surface area (Å²) in [6.07, 6.45) is 2.29. The molecular weight excluding hydrogens is 435 g/mol. The number of nitro benzene ring substituents is 1. The van der Waals surface area contributed by atoms with Crippen molar-refractivity contribution >= 4 is 16.7 Å². The van der Waals surface area contributed by atoms with Crippen LogP contribution in [0.1, 0.15) is 6.42 Å². The standard InChI is InChI=1S/C22H23FN4O6/c1-30-20-14-17-21(25-22(20)32-10-2-7-26-8-11-31-12-9-26)19(5-6-24-17)33-18-4-3-15(27(28)29)13-16(18)23/h3-6,13-14H,2,7-12H2,1H3. The number of rotatable bonds is 9. The third-order valence-electron chi connectivity index (χ3n) is 5.13. The second kappa shape index (κ2) is 10.4. The van der Waals surface area contributed by atoms with Crippen molar-refractivity contribution < 1.29 is 28.3 Å². The third kappa shape index (κ3) is 5.44. The Morgan fingerprint density at radius 1 is 1.18 bits per heavy atom. The SMILES string of the molecule is COc1cc2nccc(Oc3ccc([N+](=O)[O-])cc3F)c2nc1OCCCN1CCOCC1. The predicted octanol–water partition coefficient (Wildman–Crippen LogP) is 3.58.